The van der Waals surface area contributed by atoms with E-state index >= 15 is 0 Å². The molecule has 0 radical (unpaired) electrons. The Kier molecular flexibility index (Phi) is 5.42. The van der Waals surface area contributed by atoms with Crippen LogP contribution in [0.25, 0.3) is 0 Å². The molecular formula is C7H14N2O2. The fraction of sp³-hybridized carbons (Fsp3) is 0.571. The van der Waals surface area contributed by atoms with E-state index in [0.717, 1.165) is 0 Å². The number of rotatable bonds is 5. The monoisotopic (exact) mass is 158 g/mol. The fourth-order valence-electron chi connectivity index (χ4n) is 0.611. The third kappa shape index (κ3) is 7.02. The molecule has 0 aliphatic rings. The summed E-state index contributed by atoms with van der Waals surface area (Å²) < 4.78 is 0. The minimum absolute atomic E-state index is 0.126. The fourth-order valence-corrected chi connectivity index (χ4v) is 0.611. The van der Waals surface area contributed by atoms with Crippen LogP contribution in [0, 0.1) is 0 Å². The van der Waals surface area contributed by atoms with Crippen molar-refractivity contribution >= 4 is 5.91 Å². The van der Waals surface area contributed by atoms with E-state index in [1.54, 1.807) is 6.08 Å². The minimum Gasteiger partial charge on any atom is -0.395 e. The van der Waals surface area contributed by atoms with Gasteiger partial charge in [0.25, 0.3) is 0 Å². The van der Waals surface area contributed by atoms with Crippen LogP contribution >= 0.6 is 0 Å². The summed E-state index contributed by atoms with van der Waals surface area (Å²) in [6.07, 6.45) is 2.98. The summed E-state index contributed by atoms with van der Waals surface area (Å²) in [6, 6.07) is 0. The summed E-state index contributed by atoms with van der Waals surface area (Å²) in [6.45, 7) is 1.35. The Hall–Kier alpha value is -0.870. The van der Waals surface area contributed by atoms with Gasteiger partial charge in [0.2, 0.25) is 5.91 Å². The van der Waals surface area contributed by atoms with Gasteiger partial charge in [0.15, 0.2) is 0 Å². The van der Waals surface area contributed by atoms with E-state index in [1.165, 1.54) is 6.08 Å². The van der Waals surface area contributed by atoms with Gasteiger partial charge in [-0.2, -0.15) is 0 Å². The molecule has 0 bridgehead atoms. The first-order valence-corrected chi connectivity index (χ1v) is 3.42. The van der Waals surface area contributed by atoms with Crippen molar-refractivity contribution in [1.82, 2.24) is 4.90 Å². The molecule has 0 heterocycles. The van der Waals surface area contributed by atoms with Gasteiger partial charge in [-0.1, -0.05) is 6.08 Å². The number of primary amides is 1. The number of likely N-dealkylation sites (N-methyl/N-ethyl adjacent to an activating group) is 1. The van der Waals surface area contributed by atoms with Gasteiger partial charge in [-0.25, -0.2) is 0 Å². The van der Waals surface area contributed by atoms with E-state index in [4.69, 9.17) is 10.8 Å². The molecule has 0 aromatic heterocycles. The third-order valence-electron chi connectivity index (χ3n) is 1.18. The zero-order valence-corrected chi connectivity index (χ0v) is 6.66. The largest absolute Gasteiger partial charge is 0.395 e. The van der Waals surface area contributed by atoms with E-state index in [-0.39, 0.29) is 6.61 Å². The van der Waals surface area contributed by atoms with E-state index < -0.39 is 5.91 Å². The van der Waals surface area contributed by atoms with Crippen molar-refractivity contribution in [3.05, 3.63) is 12.2 Å². The topological polar surface area (TPSA) is 66.6 Å². The Morgan fingerprint density at radius 3 is 2.82 bits per heavy atom. The molecule has 4 nitrogen and oxygen atoms in total. The van der Waals surface area contributed by atoms with Crippen LogP contribution in [0.15, 0.2) is 12.2 Å². The molecule has 0 unspecified atom stereocenters. The molecule has 0 atom stereocenters. The molecule has 0 aromatic carbocycles. The van der Waals surface area contributed by atoms with E-state index in [0.29, 0.717) is 13.1 Å². The predicted molar refractivity (Wildman–Crippen MR) is 42.9 cm³/mol. The van der Waals surface area contributed by atoms with Crippen molar-refractivity contribution in [3.63, 3.8) is 0 Å². The number of aliphatic hydroxyl groups excluding tert-OH is 1. The minimum atomic E-state index is -0.442. The van der Waals surface area contributed by atoms with Crippen LogP contribution in [0.1, 0.15) is 0 Å². The molecule has 0 rings (SSSR count). The highest BCUT2D eigenvalue weighted by Gasteiger charge is 1.91. The zero-order chi connectivity index (χ0) is 8.69. The van der Waals surface area contributed by atoms with Crippen molar-refractivity contribution < 1.29 is 9.90 Å². The van der Waals surface area contributed by atoms with Crippen LogP contribution in [0.4, 0.5) is 0 Å². The van der Waals surface area contributed by atoms with Crippen molar-refractivity contribution in [2.75, 3.05) is 26.7 Å². The Balaban J connectivity index is 3.44. The second-order valence-electron chi connectivity index (χ2n) is 2.29. The molecule has 64 valence electrons. The molecule has 0 saturated carbocycles. The summed E-state index contributed by atoms with van der Waals surface area (Å²) in [7, 11) is 1.85. The SMILES string of the molecule is CN(CC=CC(N)=O)CCO. The standard InChI is InChI=1S/C7H14N2O2/c1-9(5-6-10)4-2-3-7(8)11/h2-3,10H,4-6H2,1H3,(H2,8,11). The normalized spacial score (nSPS) is 11.2. The first-order valence-electron chi connectivity index (χ1n) is 3.42. The predicted octanol–water partition coefficient (Wildman–Crippen LogP) is -1.05. The number of nitrogens with two attached hydrogens (primary N) is 1. The van der Waals surface area contributed by atoms with Crippen LogP contribution < -0.4 is 5.73 Å². The molecule has 1 amide bonds. The number of amides is 1. The lowest BCUT2D eigenvalue weighted by Gasteiger charge is -2.10. The molecule has 0 aromatic rings. The van der Waals surface area contributed by atoms with Crippen molar-refractivity contribution in [3.8, 4) is 0 Å². The summed E-state index contributed by atoms with van der Waals surface area (Å²) >= 11 is 0. The molecule has 0 aliphatic heterocycles. The van der Waals surface area contributed by atoms with Gasteiger partial charge in [0.05, 0.1) is 6.61 Å². The molecule has 0 aliphatic carbocycles. The van der Waals surface area contributed by atoms with Crippen LogP contribution in [-0.4, -0.2) is 42.7 Å². The summed E-state index contributed by atoms with van der Waals surface area (Å²) in [5.74, 6) is -0.442. The Morgan fingerprint density at radius 2 is 2.36 bits per heavy atom. The van der Waals surface area contributed by atoms with Crippen LogP contribution in [-0.2, 0) is 4.79 Å². The van der Waals surface area contributed by atoms with Gasteiger partial charge in [-0.05, 0) is 13.1 Å². The third-order valence-corrected chi connectivity index (χ3v) is 1.18. The van der Waals surface area contributed by atoms with Gasteiger partial charge in [0, 0.05) is 13.1 Å². The maximum atomic E-state index is 10.2. The van der Waals surface area contributed by atoms with Crippen LogP contribution in [0.5, 0.6) is 0 Å². The lowest BCUT2D eigenvalue weighted by molar-refractivity contribution is -0.113. The van der Waals surface area contributed by atoms with Crippen molar-refractivity contribution in [1.29, 1.82) is 0 Å². The summed E-state index contributed by atoms with van der Waals surface area (Å²) in [5.41, 5.74) is 4.86. The van der Waals surface area contributed by atoms with Crippen LogP contribution in [0.3, 0.4) is 0 Å². The van der Waals surface area contributed by atoms with Crippen molar-refractivity contribution in [2.24, 2.45) is 5.73 Å². The molecule has 0 saturated heterocycles. The first kappa shape index (κ1) is 10.1. The van der Waals surface area contributed by atoms with Gasteiger partial charge < -0.3 is 15.7 Å². The van der Waals surface area contributed by atoms with Gasteiger partial charge in [-0.15, -0.1) is 0 Å². The number of aliphatic hydroxyl groups is 1. The second kappa shape index (κ2) is 5.88. The van der Waals surface area contributed by atoms with E-state index in [1.807, 2.05) is 11.9 Å². The highest BCUT2D eigenvalue weighted by molar-refractivity contribution is 5.85. The zero-order valence-electron chi connectivity index (χ0n) is 6.66. The van der Waals surface area contributed by atoms with Gasteiger partial charge in [-0.3, -0.25) is 4.79 Å². The average molecular weight is 158 g/mol. The quantitative estimate of drug-likeness (QED) is 0.502. The van der Waals surface area contributed by atoms with Crippen LogP contribution in [0.2, 0.25) is 0 Å². The maximum absolute atomic E-state index is 10.2. The van der Waals surface area contributed by atoms with E-state index in [9.17, 15) is 4.79 Å². The maximum Gasteiger partial charge on any atom is 0.241 e. The Bertz CT molecular complexity index is 145. The average Bonchev–Trinajstić information content (AvgIpc) is 1.87. The number of carbonyl (C=O) groups excluding carboxylic acids is 1. The number of hydrogen-bond donors (Lipinski definition) is 2. The van der Waals surface area contributed by atoms with Gasteiger partial charge in [0.1, 0.15) is 0 Å². The second-order valence-corrected chi connectivity index (χ2v) is 2.29. The molecule has 11 heavy (non-hydrogen) atoms. The Labute approximate surface area is 66.3 Å². The number of hydrogen-bond acceptors (Lipinski definition) is 3. The first-order chi connectivity index (χ1) is 5.16. The molecule has 0 fully saturated rings. The lowest BCUT2D eigenvalue weighted by Crippen LogP contribution is -2.22. The highest BCUT2D eigenvalue weighted by atomic mass is 16.3. The molecule has 0 spiro atoms. The number of carbonyl (C=O) groups is 1. The summed E-state index contributed by atoms with van der Waals surface area (Å²) in [4.78, 5) is 12.1. The molecule has 3 N–H and O–H groups in total. The van der Waals surface area contributed by atoms with Gasteiger partial charge >= 0.3 is 0 Å². The Morgan fingerprint density at radius 1 is 1.73 bits per heavy atom. The molecule has 4 heteroatoms. The van der Waals surface area contributed by atoms with Crippen molar-refractivity contribution in [2.45, 2.75) is 0 Å². The number of nitrogens with zero attached hydrogens (tertiary/aromatic N) is 1. The smallest absolute Gasteiger partial charge is 0.241 e. The lowest BCUT2D eigenvalue weighted by atomic mass is 10.4. The highest BCUT2D eigenvalue weighted by Crippen LogP contribution is 1.81. The summed E-state index contributed by atoms with van der Waals surface area (Å²) in [5, 5.41) is 8.49. The van der Waals surface area contributed by atoms with E-state index in [2.05, 4.69) is 0 Å². The molecular weight excluding hydrogens is 144 g/mol.